The lowest BCUT2D eigenvalue weighted by Crippen LogP contribution is -2.33. The van der Waals surface area contributed by atoms with Crippen LogP contribution in [0.1, 0.15) is 24.8 Å². The van der Waals surface area contributed by atoms with Crippen molar-refractivity contribution in [2.24, 2.45) is 0 Å². The van der Waals surface area contributed by atoms with Crippen LogP contribution < -0.4 is 10.2 Å². The van der Waals surface area contributed by atoms with E-state index < -0.39 is 9.84 Å². The van der Waals surface area contributed by atoms with E-state index in [2.05, 4.69) is 28.4 Å². The van der Waals surface area contributed by atoms with Gasteiger partial charge in [-0.1, -0.05) is 24.3 Å². The van der Waals surface area contributed by atoms with E-state index in [9.17, 15) is 13.2 Å². The third-order valence-electron chi connectivity index (χ3n) is 5.09. The van der Waals surface area contributed by atoms with Gasteiger partial charge in [-0.3, -0.25) is 9.69 Å². The van der Waals surface area contributed by atoms with Crippen molar-refractivity contribution in [1.29, 1.82) is 0 Å². The summed E-state index contributed by atoms with van der Waals surface area (Å²) in [6.07, 6.45) is 4.89. The fraction of sp³-hybridized carbons (Fsp3) is 0.409. The Morgan fingerprint density at radius 3 is 2.52 bits per heavy atom. The summed E-state index contributed by atoms with van der Waals surface area (Å²) in [5.41, 5.74) is 2.95. The number of carbonyl (C=O) groups is 1. The van der Waals surface area contributed by atoms with Crippen LogP contribution in [-0.4, -0.2) is 52.2 Å². The first kappa shape index (κ1) is 21.3. The molecule has 1 heterocycles. The lowest BCUT2D eigenvalue weighted by molar-refractivity contribution is -0.117. The number of sulfone groups is 1. The van der Waals surface area contributed by atoms with E-state index >= 15 is 0 Å². The molecule has 6 nitrogen and oxygen atoms in total. The molecule has 0 aliphatic carbocycles. The summed E-state index contributed by atoms with van der Waals surface area (Å²) in [6.45, 7) is 3.05. The molecule has 2 aromatic rings. The van der Waals surface area contributed by atoms with Crippen LogP contribution in [0, 0.1) is 0 Å². The van der Waals surface area contributed by atoms with E-state index in [1.807, 2.05) is 18.0 Å². The van der Waals surface area contributed by atoms with Crippen molar-refractivity contribution in [3.63, 3.8) is 0 Å². The fourth-order valence-electron chi connectivity index (χ4n) is 3.68. The molecule has 0 atom stereocenters. The predicted octanol–water partition coefficient (Wildman–Crippen LogP) is 3.15. The molecule has 0 radical (unpaired) electrons. The zero-order valence-corrected chi connectivity index (χ0v) is 17.9. The number of piperidine rings is 1. The topological polar surface area (TPSA) is 69.7 Å². The number of benzene rings is 2. The summed E-state index contributed by atoms with van der Waals surface area (Å²) < 4.78 is 23.4. The molecule has 7 heteroatoms. The molecule has 0 spiro atoms. The van der Waals surface area contributed by atoms with E-state index in [0.29, 0.717) is 12.2 Å². The summed E-state index contributed by atoms with van der Waals surface area (Å²) in [5, 5.41) is 2.79. The van der Waals surface area contributed by atoms with Crippen LogP contribution in [0.4, 0.5) is 11.4 Å². The molecule has 156 valence electrons. The fourth-order valence-corrected chi connectivity index (χ4v) is 4.35. The number of para-hydroxylation sites is 1. The zero-order chi connectivity index (χ0) is 20.9. The second kappa shape index (κ2) is 9.41. The van der Waals surface area contributed by atoms with Gasteiger partial charge in [-0.2, -0.15) is 0 Å². The van der Waals surface area contributed by atoms with Crippen LogP contribution in [0.2, 0.25) is 0 Å². The highest BCUT2D eigenvalue weighted by atomic mass is 32.2. The van der Waals surface area contributed by atoms with Crippen molar-refractivity contribution in [3.8, 4) is 0 Å². The van der Waals surface area contributed by atoms with Crippen LogP contribution in [0.15, 0.2) is 53.4 Å². The minimum atomic E-state index is -3.31. The number of nitrogens with one attached hydrogen (secondary N) is 1. The Morgan fingerprint density at radius 2 is 1.79 bits per heavy atom. The monoisotopic (exact) mass is 415 g/mol. The second-order valence-corrected chi connectivity index (χ2v) is 9.71. The average molecular weight is 416 g/mol. The summed E-state index contributed by atoms with van der Waals surface area (Å²) in [7, 11) is -1.39. The maximum Gasteiger partial charge on any atom is 0.238 e. The first-order valence-corrected chi connectivity index (χ1v) is 11.8. The molecule has 1 aliphatic rings. The smallest absolute Gasteiger partial charge is 0.238 e. The van der Waals surface area contributed by atoms with Gasteiger partial charge in [-0.15, -0.1) is 0 Å². The van der Waals surface area contributed by atoms with E-state index in [1.165, 1.54) is 42.6 Å². The number of rotatable bonds is 7. The Labute approximate surface area is 173 Å². The summed E-state index contributed by atoms with van der Waals surface area (Å²) in [5.74, 6) is -0.173. The first-order valence-electron chi connectivity index (χ1n) is 9.94. The third kappa shape index (κ3) is 6.05. The Morgan fingerprint density at radius 1 is 1.07 bits per heavy atom. The molecular formula is C22H29N3O3S. The maximum atomic E-state index is 12.4. The highest BCUT2D eigenvalue weighted by Gasteiger charge is 2.16. The van der Waals surface area contributed by atoms with Crippen LogP contribution >= 0.6 is 0 Å². The number of nitrogens with zero attached hydrogens (tertiary/aromatic N) is 2. The molecule has 29 heavy (non-hydrogen) atoms. The van der Waals surface area contributed by atoms with Crippen molar-refractivity contribution in [3.05, 3.63) is 54.1 Å². The molecule has 1 amide bonds. The lowest BCUT2D eigenvalue weighted by Gasteiger charge is -2.31. The summed E-state index contributed by atoms with van der Waals surface area (Å²) in [6, 6.07) is 14.7. The van der Waals surface area contributed by atoms with Gasteiger partial charge in [0, 0.05) is 37.3 Å². The summed E-state index contributed by atoms with van der Waals surface area (Å²) in [4.78, 5) is 17.0. The van der Waals surface area contributed by atoms with E-state index in [4.69, 9.17) is 0 Å². The number of hydrogen-bond donors (Lipinski definition) is 1. The number of anilines is 2. The molecule has 1 fully saturated rings. The standard InChI is InChI=1S/C22H29N3O3S/c1-24(16-18-9-4-5-12-21(18)25-13-6-3-7-14-25)17-22(26)23-19-10-8-11-20(15-19)29(2,27)28/h4-5,8-12,15H,3,6-7,13-14,16-17H2,1-2H3,(H,23,26). The van der Waals surface area contributed by atoms with Crippen molar-refractivity contribution in [2.75, 3.05) is 43.2 Å². The van der Waals surface area contributed by atoms with Gasteiger partial charge in [0.15, 0.2) is 9.84 Å². The largest absolute Gasteiger partial charge is 0.371 e. The van der Waals surface area contributed by atoms with Crippen LogP contribution in [0.5, 0.6) is 0 Å². The zero-order valence-electron chi connectivity index (χ0n) is 17.1. The quantitative estimate of drug-likeness (QED) is 0.752. The molecule has 1 saturated heterocycles. The van der Waals surface area contributed by atoms with Gasteiger partial charge in [-0.05, 0) is 56.1 Å². The maximum absolute atomic E-state index is 12.4. The number of amides is 1. The average Bonchev–Trinajstić information content (AvgIpc) is 2.68. The predicted molar refractivity (Wildman–Crippen MR) is 117 cm³/mol. The molecule has 0 unspecified atom stereocenters. The Balaban J connectivity index is 1.61. The normalized spacial score (nSPS) is 14.8. The Hall–Kier alpha value is -2.38. The van der Waals surface area contributed by atoms with Crippen molar-refractivity contribution in [2.45, 2.75) is 30.7 Å². The molecule has 1 aliphatic heterocycles. The van der Waals surface area contributed by atoms with Gasteiger partial charge in [0.2, 0.25) is 5.91 Å². The molecule has 0 bridgehead atoms. The minimum Gasteiger partial charge on any atom is -0.371 e. The highest BCUT2D eigenvalue weighted by molar-refractivity contribution is 7.90. The van der Waals surface area contributed by atoms with E-state index in [1.54, 1.807) is 12.1 Å². The Bertz CT molecular complexity index is 953. The molecule has 3 rings (SSSR count). The minimum absolute atomic E-state index is 0.173. The molecule has 0 saturated carbocycles. The van der Waals surface area contributed by atoms with Gasteiger partial charge in [0.1, 0.15) is 0 Å². The molecule has 1 N–H and O–H groups in total. The lowest BCUT2D eigenvalue weighted by atomic mass is 10.1. The second-order valence-electron chi connectivity index (χ2n) is 7.70. The third-order valence-corrected chi connectivity index (χ3v) is 6.20. The molecule has 2 aromatic carbocycles. The van der Waals surface area contributed by atoms with Crippen molar-refractivity contribution < 1.29 is 13.2 Å². The van der Waals surface area contributed by atoms with Crippen molar-refractivity contribution >= 4 is 27.1 Å². The van der Waals surface area contributed by atoms with Gasteiger partial charge in [-0.25, -0.2) is 8.42 Å². The Kier molecular flexibility index (Phi) is 6.92. The number of hydrogen-bond acceptors (Lipinski definition) is 5. The van der Waals surface area contributed by atoms with Crippen LogP contribution in [0.3, 0.4) is 0 Å². The molecular weight excluding hydrogens is 386 g/mol. The van der Waals surface area contributed by atoms with Crippen molar-refractivity contribution in [1.82, 2.24) is 4.90 Å². The van der Waals surface area contributed by atoms with Crippen LogP contribution in [-0.2, 0) is 21.2 Å². The number of carbonyl (C=O) groups excluding carboxylic acids is 1. The van der Waals surface area contributed by atoms with E-state index in [0.717, 1.165) is 19.3 Å². The van der Waals surface area contributed by atoms with E-state index in [-0.39, 0.29) is 17.3 Å². The van der Waals surface area contributed by atoms with Gasteiger partial charge in [0.05, 0.1) is 11.4 Å². The van der Waals surface area contributed by atoms with Gasteiger partial charge < -0.3 is 10.2 Å². The number of likely N-dealkylation sites (N-methyl/N-ethyl adjacent to an activating group) is 1. The first-order chi connectivity index (χ1) is 13.8. The molecule has 0 aromatic heterocycles. The highest BCUT2D eigenvalue weighted by Crippen LogP contribution is 2.25. The summed E-state index contributed by atoms with van der Waals surface area (Å²) >= 11 is 0. The van der Waals surface area contributed by atoms with Crippen LogP contribution in [0.25, 0.3) is 0 Å². The van der Waals surface area contributed by atoms with Gasteiger partial charge >= 0.3 is 0 Å². The SMILES string of the molecule is CN(CC(=O)Nc1cccc(S(C)(=O)=O)c1)Cc1ccccc1N1CCCCC1. The van der Waals surface area contributed by atoms with Gasteiger partial charge in [0.25, 0.3) is 0 Å².